The summed E-state index contributed by atoms with van der Waals surface area (Å²) in [7, 11) is 0. The van der Waals surface area contributed by atoms with Gasteiger partial charge >= 0.3 is 0 Å². The maximum Gasteiger partial charge on any atom is 0.251 e. The summed E-state index contributed by atoms with van der Waals surface area (Å²) in [5, 5.41) is 1.04. The van der Waals surface area contributed by atoms with Gasteiger partial charge in [0.15, 0.2) is 0 Å². The van der Waals surface area contributed by atoms with Gasteiger partial charge in [0.1, 0.15) is 18.0 Å². The molecule has 0 aliphatic carbocycles. The van der Waals surface area contributed by atoms with Crippen LogP contribution in [0.3, 0.4) is 0 Å². The Morgan fingerprint density at radius 1 is 1.06 bits per heavy atom. The van der Waals surface area contributed by atoms with Gasteiger partial charge in [-0.1, -0.05) is 30.3 Å². The number of rotatable bonds is 4. The number of anilines is 1. The lowest BCUT2D eigenvalue weighted by Crippen LogP contribution is -2.45. The molecular weight excluding hydrogens is 390 g/mol. The number of likely N-dealkylation sites (tertiary alicyclic amines) is 1. The van der Waals surface area contributed by atoms with Crippen molar-refractivity contribution in [1.29, 1.82) is 0 Å². The van der Waals surface area contributed by atoms with Gasteiger partial charge in [0, 0.05) is 49.7 Å². The summed E-state index contributed by atoms with van der Waals surface area (Å²) in [5.41, 5.74) is 9.91. The Hall–Kier alpha value is -3.12. The summed E-state index contributed by atoms with van der Waals surface area (Å²) in [4.78, 5) is 18.8. The fraction of sp³-hybridized carbons (Fsp3) is 0.360. The predicted molar refractivity (Wildman–Crippen MR) is 121 cm³/mol. The van der Waals surface area contributed by atoms with Gasteiger partial charge in [0.25, 0.3) is 5.91 Å². The first-order chi connectivity index (χ1) is 15.2. The lowest BCUT2D eigenvalue weighted by Gasteiger charge is -2.33. The number of amides is 1. The van der Waals surface area contributed by atoms with Gasteiger partial charge in [0.05, 0.1) is 11.2 Å². The molecule has 2 aromatic carbocycles. The van der Waals surface area contributed by atoms with Crippen LogP contribution in [0.5, 0.6) is 5.75 Å². The van der Waals surface area contributed by atoms with Gasteiger partial charge in [-0.15, -0.1) is 0 Å². The topological polar surface area (TPSA) is 77.7 Å². The third kappa shape index (κ3) is 4.08. The lowest BCUT2D eigenvalue weighted by molar-refractivity contribution is -0.142. The van der Waals surface area contributed by atoms with Gasteiger partial charge in [0.2, 0.25) is 0 Å². The Morgan fingerprint density at radius 3 is 2.61 bits per heavy atom. The maximum absolute atomic E-state index is 12.5. The van der Waals surface area contributed by atoms with E-state index in [-0.39, 0.29) is 18.1 Å². The zero-order chi connectivity index (χ0) is 21.2. The third-order valence-corrected chi connectivity index (χ3v) is 6.24. The van der Waals surface area contributed by atoms with Crippen LogP contribution >= 0.6 is 0 Å². The number of hydrogen-bond donors (Lipinski definition) is 1. The number of piperidine rings is 1. The first kappa shape index (κ1) is 19.8. The standard InChI is InChI=1S/C25H27N3O3/c26-23-21(10-7-18-3-1-13-27-24(18)23)17-5-8-19(9-6-17)31-20-11-14-28(15-12-20)25(29)22-4-2-16-30-22/h1,3,5-10,13,20,22H,2,4,11-12,14-16,26H2/t22-/m1/s1. The van der Waals surface area contributed by atoms with E-state index in [1.807, 2.05) is 53.4 Å². The van der Waals surface area contributed by atoms with E-state index in [1.54, 1.807) is 6.20 Å². The molecule has 160 valence electrons. The average Bonchev–Trinajstić information content (AvgIpc) is 3.35. The Labute approximate surface area is 182 Å². The minimum absolute atomic E-state index is 0.120. The van der Waals surface area contributed by atoms with Gasteiger partial charge < -0.3 is 20.1 Å². The van der Waals surface area contributed by atoms with Crippen LogP contribution in [0.2, 0.25) is 0 Å². The minimum atomic E-state index is -0.234. The first-order valence-corrected chi connectivity index (χ1v) is 11.0. The van der Waals surface area contributed by atoms with Crippen LogP contribution in [0, 0.1) is 0 Å². The number of pyridine rings is 1. The fourth-order valence-electron chi connectivity index (χ4n) is 4.50. The van der Waals surface area contributed by atoms with Crippen LogP contribution in [0.1, 0.15) is 25.7 Å². The third-order valence-electron chi connectivity index (χ3n) is 6.24. The number of nitrogens with zero attached hydrogens (tertiary/aromatic N) is 2. The van der Waals surface area contributed by atoms with E-state index in [0.29, 0.717) is 12.3 Å². The van der Waals surface area contributed by atoms with E-state index in [1.165, 1.54) is 0 Å². The Kier molecular flexibility index (Phi) is 5.47. The Bertz CT molecular complexity index is 1070. The highest BCUT2D eigenvalue weighted by Crippen LogP contribution is 2.32. The van der Waals surface area contributed by atoms with Gasteiger partial charge in [-0.25, -0.2) is 0 Å². The normalized spacial score (nSPS) is 19.6. The first-order valence-electron chi connectivity index (χ1n) is 11.0. The van der Waals surface area contributed by atoms with Crippen molar-refractivity contribution in [1.82, 2.24) is 9.88 Å². The molecule has 1 amide bonds. The molecule has 2 fully saturated rings. The Morgan fingerprint density at radius 2 is 1.87 bits per heavy atom. The molecule has 6 nitrogen and oxygen atoms in total. The summed E-state index contributed by atoms with van der Waals surface area (Å²) < 4.78 is 11.7. The van der Waals surface area contributed by atoms with E-state index in [4.69, 9.17) is 15.2 Å². The molecule has 31 heavy (non-hydrogen) atoms. The fourth-order valence-corrected chi connectivity index (χ4v) is 4.50. The zero-order valence-electron chi connectivity index (χ0n) is 17.5. The van der Waals surface area contributed by atoms with Crippen molar-refractivity contribution in [2.24, 2.45) is 0 Å². The molecule has 0 spiro atoms. The SMILES string of the molecule is Nc1c(-c2ccc(OC3CCN(C(=O)[C@H]4CCCO4)CC3)cc2)ccc2cccnc12. The highest BCUT2D eigenvalue weighted by molar-refractivity contribution is 5.97. The second-order valence-electron chi connectivity index (χ2n) is 8.27. The van der Waals surface area contributed by atoms with Crippen molar-refractivity contribution in [3.63, 3.8) is 0 Å². The molecule has 2 saturated heterocycles. The van der Waals surface area contributed by atoms with Gasteiger partial charge in [-0.3, -0.25) is 9.78 Å². The van der Waals surface area contributed by atoms with E-state index < -0.39 is 0 Å². The molecule has 1 aromatic heterocycles. The molecule has 0 radical (unpaired) electrons. The summed E-state index contributed by atoms with van der Waals surface area (Å²) in [6, 6.07) is 16.1. The van der Waals surface area contributed by atoms with Crippen LogP contribution in [0.4, 0.5) is 5.69 Å². The van der Waals surface area contributed by atoms with Crippen molar-refractivity contribution < 1.29 is 14.3 Å². The minimum Gasteiger partial charge on any atom is -0.490 e. The van der Waals surface area contributed by atoms with Crippen LogP contribution in [-0.4, -0.2) is 47.7 Å². The second kappa shape index (κ2) is 8.55. The monoisotopic (exact) mass is 417 g/mol. The van der Waals surface area contributed by atoms with Gasteiger partial charge in [-0.05, 0) is 36.6 Å². The number of nitrogen functional groups attached to an aromatic ring is 1. The van der Waals surface area contributed by atoms with Crippen molar-refractivity contribution in [3.05, 3.63) is 54.7 Å². The average molecular weight is 418 g/mol. The summed E-state index contributed by atoms with van der Waals surface area (Å²) in [5.74, 6) is 0.980. The molecular formula is C25H27N3O3. The number of aromatic nitrogens is 1. The molecule has 2 aliphatic heterocycles. The second-order valence-corrected chi connectivity index (χ2v) is 8.27. The summed E-state index contributed by atoms with van der Waals surface area (Å²) in [6.07, 6.45) is 5.15. The van der Waals surface area contributed by atoms with Gasteiger partial charge in [-0.2, -0.15) is 0 Å². The molecule has 0 unspecified atom stereocenters. The number of benzene rings is 2. The van der Waals surface area contributed by atoms with E-state index in [9.17, 15) is 4.79 Å². The predicted octanol–water partition coefficient (Wildman–Crippen LogP) is 4.03. The van der Waals surface area contributed by atoms with Crippen LogP contribution in [0.15, 0.2) is 54.7 Å². The Balaban J connectivity index is 1.21. The van der Waals surface area contributed by atoms with Crippen molar-refractivity contribution in [2.75, 3.05) is 25.4 Å². The number of carbonyl (C=O) groups is 1. The summed E-state index contributed by atoms with van der Waals surface area (Å²) >= 11 is 0. The highest BCUT2D eigenvalue weighted by atomic mass is 16.5. The van der Waals surface area contributed by atoms with E-state index >= 15 is 0 Å². The molecule has 5 rings (SSSR count). The molecule has 1 atom stereocenters. The largest absolute Gasteiger partial charge is 0.490 e. The van der Waals surface area contributed by atoms with Crippen LogP contribution < -0.4 is 10.5 Å². The molecule has 2 aliphatic rings. The lowest BCUT2D eigenvalue weighted by atomic mass is 10.0. The quantitative estimate of drug-likeness (QED) is 0.649. The number of carbonyl (C=O) groups excluding carboxylic acids is 1. The maximum atomic E-state index is 12.5. The number of hydrogen-bond acceptors (Lipinski definition) is 5. The summed E-state index contributed by atoms with van der Waals surface area (Å²) in [6.45, 7) is 2.15. The number of nitrogens with two attached hydrogens (primary N) is 1. The molecule has 6 heteroatoms. The molecule has 3 heterocycles. The number of ether oxygens (including phenoxy) is 2. The molecule has 3 aromatic rings. The highest BCUT2D eigenvalue weighted by Gasteiger charge is 2.31. The zero-order valence-corrected chi connectivity index (χ0v) is 17.5. The van der Waals surface area contributed by atoms with Crippen molar-refractivity contribution >= 4 is 22.5 Å². The van der Waals surface area contributed by atoms with Crippen molar-refractivity contribution in [3.8, 4) is 16.9 Å². The van der Waals surface area contributed by atoms with Crippen LogP contribution in [0.25, 0.3) is 22.0 Å². The van der Waals surface area contributed by atoms with E-state index in [2.05, 4.69) is 4.98 Å². The smallest absolute Gasteiger partial charge is 0.251 e. The van der Waals surface area contributed by atoms with Crippen LogP contribution in [-0.2, 0) is 9.53 Å². The van der Waals surface area contributed by atoms with E-state index in [0.717, 1.165) is 66.6 Å². The number of fused-ring (bicyclic) bond motifs is 1. The molecule has 2 N–H and O–H groups in total. The molecule has 0 saturated carbocycles. The molecule has 0 bridgehead atoms. The van der Waals surface area contributed by atoms with Crippen molar-refractivity contribution in [2.45, 2.75) is 37.9 Å².